The van der Waals surface area contributed by atoms with Crippen LogP contribution in [-0.4, -0.2) is 34.8 Å². The van der Waals surface area contributed by atoms with Gasteiger partial charge in [-0.15, -0.1) is 11.3 Å². The smallest absolute Gasteiger partial charge is 0.298 e. The summed E-state index contributed by atoms with van der Waals surface area (Å²) in [7, 11) is 0. The second kappa shape index (κ2) is 11.8. The minimum Gasteiger partial charge on any atom is -0.332 e. The van der Waals surface area contributed by atoms with E-state index in [-0.39, 0.29) is 17.7 Å². The first kappa shape index (κ1) is 24.7. The molecule has 2 heterocycles. The van der Waals surface area contributed by atoms with Crippen LogP contribution in [0.15, 0.2) is 53.9 Å². The summed E-state index contributed by atoms with van der Waals surface area (Å²) >= 11 is 1.52. The molecule has 1 aliphatic heterocycles. The van der Waals surface area contributed by atoms with Crippen molar-refractivity contribution in [2.75, 3.05) is 18.4 Å². The fourth-order valence-corrected chi connectivity index (χ4v) is 5.17. The lowest BCUT2D eigenvalue weighted by Crippen LogP contribution is -2.37. The lowest BCUT2D eigenvalue weighted by Gasteiger charge is -2.29. The third kappa shape index (κ3) is 6.17. The van der Waals surface area contributed by atoms with Gasteiger partial charge in [0.1, 0.15) is 5.69 Å². The van der Waals surface area contributed by atoms with E-state index in [2.05, 4.69) is 60.3 Å². The van der Waals surface area contributed by atoms with E-state index in [0.29, 0.717) is 18.8 Å². The van der Waals surface area contributed by atoms with Gasteiger partial charge < -0.3 is 10.2 Å². The summed E-state index contributed by atoms with van der Waals surface area (Å²) < 4.78 is 0. The van der Waals surface area contributed by atoms with Crippen LogP contribution in [0.25, 0.3) is 11.1 Å². The minimum absolute atomic E-state index is 0.0842. The number of amides is 2. The quantitative estimate of drug-likeness (QED) is 0.427. The van der Waals surface area contributed by atoms with Gasteiger partial charge in [-0.2, -0.15) is 0 Å². The first-order chi connectivity index (χ1) is 17.1. The number of piperidine rings is 1. The van der Waals surface area contributed by atoms with Gasteiger partial charge in [0.15, 0.2) is 0 Å². The molecule has 35 heavy (non-hydrogen) atoms. The number of hydrogen-bond acceptors (Lipinski definition) is 4. The van der Waals surface area contributed by atoms with Crippen LogP contribution in [0.3, 0.4) is 0 Å². The highest BCUT2D eigenvalue weighted by Gasteiger charge is 2.26. The van der Waals surface area contributed by atoms with E-state index in [1.54, 1.807) is 0 Å². The van der Waals surface area contributed by atoms with E-state index in [9.17, 15) is 9.59 Å². The molecule has 3 aromatic rings. The van der Waals surface area contributed by atoms with Crippen molar-refractivity contribution >= 4 is 28.8 Å². The molecule has 0 saturated carbocycles. The standard InChI is InChI=1S/C29H31N3O2S/c1-3-5-6-11-27(33)32-18-16-23(17-19-32)29-31-26(20-35-29)28(34)30-25-10-8-7-9-24(25)22-14-12-21(4-2)13-15-22/h7-10,12-15,20,23H,3-5,16-19H2,1-2H3,(H,30,34). The highest BCUT2D eigenvalue weighted by Crippen LogP contribution is 2.32. The van der Waals surface area contributed by atoms with E-state index in [0.717, 1.165) is 53.9 Å². The molecule has 0 aliphatic carbocycles. The molecule has 2 aromatic carbocycles. The summed E-state index contributed by atoms with van der Waals surface area (Å²) in [4.78, 5) is 31.7. The van der Waals surface area contributed by atoms with Gasteiger partial charge in [-0.25, -0.2) is 4.98 Å². The molecule has 1 aliphatic rings. The lowest BCUT2D eigenvalue weighted by atomic mass is 9.97. The zero-order chi connectivity index (χ0) is 24.6. The Kier molecular flexibility index (Phi) is 8.33. The molecule has 0 atom stereocenters. The summed E-state index contributed by atoms with van der Waals surface area (Å²) in [6.07, 6.45) is 4.38. The number of carbonyl (C=O) groups excluding carboxylic acids is 2. The minimum atomic E-state index is -0.205. The predicted octanol–water partition coefficient (Wildman–Crippen LogP) is 6.13. The van der Waals surface area contributed by atoms with Gasteiger partial charge in [-0.3, -0.25) is 9.59 Å². The molecule has 1 fully saturated rings. The van der Waals surface area contributed by atoms with Crippen molar-refractivity contribution in [2.24, 2.45) is 0 Å². The Morgan fingerprint density at radius 3 is 2.54 bits per heavy atom. The van der Waals surface area contributed by atoms with Crippen LogP contribution in [-0.2, 0) is 11.2 Å². The third-order valence-corrected chi connectivity index (χ3v) is 7.31. The number of likely N-dealkylation sites (tertiary alicyclic amines) is 1. The average Bonchev–Trinajstić information content (AvgIpc) is 3.40. The SMILES string of the molecule is CCCC#CC(=O)N1CCC(c2nc(C(=O)Nc3ccccc3-c3ccc(CC)cc3)cs2)CC1. The number of thiazole rings is 1. The van der Waals surface area contributed by atoms with Crippen molar-refractivity contribution in [2.45, 2.75) is 51.9 Å². The van der Waals surface area contributed by atoms with Crippen molar-refractivity contribution < 1.29 is 9.59 Å². The Bertz CT molecular complexity index is 1230. The normalized spacial score (nSPS) is 13.7. The molecule has 1 aromatic heterocycles. The topological polar surface area (TPSA) is 62.3 Å². The van der Waals surface area contributed by atoms with Crippen molar-refractivity contribution in [3.8, 4) is 23.0 Å². The van der Waals surface area contributed by atoms with Crippen LogP contribution in [0.2, 0.25) is 0 Å². The number of anilines is 1. The van der Waals surface area contributed by atoms with Crippen LogP contribution >= 0.6 is 11.3 Å². The highest BCUT2D eigenvalue weighted by atomic mass is 32.1. The number of para-hydroxylation sites is 1. The molecule has 5 nitrogen and oxygen atoms in total. The van der Waals surface area contributed by atoms with Gasteiger partial charge in [0, 0.05) is 42.1 Å². The molecular formula is C29H31N3O2S. The number of nitrogens with one attached hydrogen (secondary N) is 1. The summed E-state index contributed by atoms with van der Waals surface area (Å²) in [5.41, 5.74) is 4.54. The summed E-state index contributed by atoms with van der Waals surface area (Å²) in [5.74, 6) is 5.65. The molecule has 2 amide bonds. The highest BCUT2D eigenvalue weighted by molar-refractivity contribution is 7.10. The van der Waals surface area contributed by atoms with E-state index >= 15 is 0 Å². The molecule has 180 valence electrons. The van der Waals surface area contributed by atoms with Gasteiger partial charge in [0.05, 0.1) is 5.01 Å². The van der Waals surface area contributed by atoms with E-state index in [1.807, 2.05) is 34.5 Å². The molecule has 4 rings (SSSR count). The largest absolute Gasteiger partial charge is 0.332 e. The maximum Gasteiger partial charge on any atom is 0.298 e. The number of unbranched alkanes of at least 4 members (excludes halogenated alkanes) is 1. The number of nitrogens with zero attached hydrogens (tertiary/aromatic N) is 2. The zero-order valence-corrected chi connectivity index (χ0v) is 21.2. The van der Waals surface area contributed by atoms with Crippen molar-refractivity contribution in [1.29, 1.82) is 0 Å². The summed E-state index contributed by atoms with van der Waals surface area (Å²) in [5, 5.41) is 5.84. The number of benzene rings is 2. The molecule has 0 spiro atoms. The molecular weight excluding hydrogens is 454 g/mol. The second-order valence-corrected chi connectivity index (χ2v) is 9.63. The van der Waals surface area contributed by atoms with E-state index in [4.69, 9.17) is 0 Å². The molecule has 0 bridgehead atoms. The molecule has 6 heteroatoms. The van der Waals surface area contributed by atoms with E-state index in [1.165, 1.54) is 16.9 Å². The summed E-state index contributed by atoms with van der Waals surface area (Å²) in [6.45, 7) is 5.54. The molecule has 0 radical (unpaired) electrons. The third-order valence-electron chi connectivity index (χ3n) is 6.30. The predicted molar refractivity (Wildman–Crippen MR) is 143 cm³/mol. The van der Waals surface area contributed by atoms with Gasteiger partial charge >= 0.3 is 0 Å². The Hall–Kier alpha value is -3.43. The van der Waals surface area contributed by atoms with Crippen LogP contribution in [0.1, 0.15) is 66.5 Å². The van der Waals surface area contributed by atoms with Gasteiger partial charge in [0.25, 0.3) is 11.8 Å². The van der Waals surface area contributed by atoms with Gasteiger partial charge in [-0.1, -0.05) is 62.2 Å². The van der Waals surface area contributed by atoms with Crippen molar-refractivity contribution in [3.05, 3.63) is 70.2 Å². The number of rotatable bonds is 6. The zero-order valence-electron chi connectivity index (χ0n) is 20.3. The van der Waals surface area contributed by atoms with Gasteiger partial charge in [-0.05, 0) is 48.8 Å². The molecule has 1 saturated heterocycles. The van der Waals surface area contributed by atoms with Crippen molar-refractivity contribution in [1.82, 2.24) is 9.88 Å². The fourth-order valence-electron chi connectivity index (χ4n) is 4.20. The number of aryl methyl sites for hydroxylation is 1. The Labute approximate surface area is 211 Å². The molecule has 0 unspecified atom stereocenters. The lowest BCUT2D eigenvalue weighted by molar-refractivity contribution is -0.126. The first-order valence-corrected chi connectivity index (χ1v) is 13.2. The van der Waals surface area contributed by atoms with Crippen LogP contribution in [0.4, 0.5) is 5.69 Å². The molecule has 1 N–H and O–H groups in total. The Morgan fingerprint density at radius 2 is 1.83 bits per heavy atom. The van der Waals surface area contributed by atoms with E-state index < -0.39 is 0 Å². The van der Waals surface area contributed by atoms with Crippen LogP contribution in [0.5, 0.6) is 0 Å². The number of carbonyl (C=O) groups is 2. The second-order valence-electron chi connectivity index (χ2n) is 8.74. The monoisotopic (exact) mass is 485 g/mol. The number of hydrogen-bond donors (Lipinski definition) is 1. The maximum absolute atomic E-state index is 13.0. The van der Waals surface area contributed by atoms with Crippen LogP contribution in [0, 0.1) is 11.8 Å². The Balaban J connectivity index is 1.39. The first-order valence-electron chi connectivity index (χ1n) is 12.3. The average molecular weight is 486 g/mol. The van der Waals surface area contributed by atoms with Crippen LogP contribution < -0.4 is 5.32 Å². The fraction of sp³-hybridized carbons (Fsp3) is 0.345. The Morgan fingerprint density at radius 1 is 1.09 bits per heavy atom. The van der Waals surface area contributed by atoms with Crippen molar-refractivity contribution in [3.63, 3.8) is 0 Å². The summed E-state index contributed by atoms with van der Waals surface area (Å²) in [6, 6.07) is 16.3. The van der Waals surface area contributed by atoms with Gasteiger partial charge in [0.2, 0.25) is 0 Å². The maximum atomic E-state index is 13.0. The number of aromatic nitrogens is 1.